The number of likely N-dealkylation sites (N-methyl/N-ethyl adjacent to an activating group) is 1. The maximum absolute atomic E-state index is 12.6. The number of nitrogens with zero attached hydrogens (tertiary/aromatic N) is 4. The van der Waals surface area contributed by atoms with Gasteiger partial charge in [-0.25, -0.2) is 0 Å². The van der Waals surface area contributed by atoms with E-state index >= 15 is 0 Å². The topological polar surface area (TPSA) is 93.3 Å². The third-order valence-electron chi connectivity index (χ3n) is 3.26. The summed E-state index contributed by atoms with van der Waals surface area (Å²) in [6.45, 7) is 0.00842. The Bertz CT molecular complexity index is 760. The molecule has 0 fully saturated rings. The van der Waals surface area contributed by atoms with E-state index in [1.165, 1.54) is 25.3 Å². The molecular weight excluding hydrogens is 375 g/mol. The molecule has 12 heteroatoms. The van der Waals surface area contributed by atoms with Gasteiger partial charge in [-0.15, -0.1) is 10.2 Å². The van der Waals surface area contributed by atoms with Crippen LogP contribution in [0.25, 0.3) is 0 Å². The summed E-state index contributed by atoms with van der Waals surface area (Å²) >= 11 is 0.810. The van der Waals surface area contributed by atoms with E-state index in [0.29, 0.717) is 5.76 Å². The zero-order chi connectivity index (χ0) is 19.3. The second-order valence-corrected chi connectivity index (χ2v) is 6.20. The number of carbonyl (C=O) groups excluding carboxylic acids is 2. The molecule has 0 spiro atoms. The molecule has 0 aromatic carbocycles. The van der Waals surface area contributed by atoms with Gasteiger partial charge in [-0.3, -0.25) is 9.59 Å². The number of nitrogens with one attached hydrogen (secondary N) is 1. The van der Waals surface area contributed by atoms with Gasteiger partial charge in [0.05, 0.1) is 25.1 Å². The number of carbonyl (C=O) groups is 2. The van der Waals surface area contributed by atoms with Crippen molar-refractivity contribution in [3.63, 3.8) is 0 Å². The molecule has 0 aliphatic rings. The van der Waals surface area contributed by atoms with Crippen LogP contribution < -0.4 is 5.32 Å². The lowest BCUT2D eigenvalue weighted by Crippen LogP contribution is -2.38. The Morgan fingerprint density at radius 3 is 2.69 bits per heavy atom. The van der Waals surface area contributed by atoms with Crippen molar-refractivity contribution in [2.45, 2.75) is 17.9 Å². The van der Waals surface area contributed by atoms with Crippen molar-refractivity contribution in [2.24, 2.45) is 7.05 Å². The molecule has 0 aliphatic carbocycles. The van der Waals surface area contributed by atoms with E-state index in [4.69, 9.17) is 4.42 Å². The molecule has 0 saturated carbocycles. The second-order valence-electron chi connectivity index (χ2n) is 5.26. The van der Waals surface area contributed by atoms with Crippen LogP contribution in [0.4, 0.5) is 13.2 Å². The summed E-state index contributed by atoms with van der Waals surface area (Å²) in [7, 11) is 2.59. The van der Waals surface area contributed by atoms with Crippen LogP contribution >= 0.6 is 11.8 Å². The first-order valence-corrected chi connectivity index (χ1v) is 8.29. The van der Waals surface area contributed by atoms with Gasteiger partial charge >= 0.3 is 6.18 Å². The van der Waals surface area contributed by atoms with Crippen LogP contribution in [0.1, 0.15) is 11.6 Å². The summed E-state index contributed by atoms with van der Waals surface area (Å²) in [5, 5.41) is 9.05. The van der Waals surface area contributed by atoms with Crippen molar-refractivity contribution in [1.29, 1.82) is 0 Å². The van der Waals surface area contributed by atoms with Crippen molar-refractivity contribution >= 4 is 23.6 Å². The third-order valence-corrected chi connectivity index (χ3v) is 4.26. The van der Waals surface area contributed by atoms with Gasteiger partial charge in [0.15, 0.2) is 5.16 Å². The van der Waals surface area contributed by atoms with Gasteiger partial charge in [0.2, 0.25) is 17.6 Å². The Hall–Kier alpha value is -2.50. The number of halogens is 3. The van der Waals surface area contributed by atoms with Crippen LogP contribution in [0.15, 0.2) is 28.0 Å². The minimum atomic E-state index is -4.62. The molecule has 8 nitrogen and oxygen atoms in total. The lowest BCUT2D eigenvalue weighted by Gasteiger charge is -2.16. The fraction of sp³-hybridized carbons (Fsp3) is 0.429. The molecule has 0 saturated heterocycles. The van der Waals surface area contributed by atoms with Crippen LogP contribution in [0, 0.1) is 0 Å². The lowest BCUT2D eigenvalue weighted by molar-refractivity contribution is -0.147. The first kappa shape index (κ1) is 19.8. The molecule has 1 N–H and O–H groups in total. The molecule has 26 heavy (non-hydrogen) atoms. The maximum atomic E-state index is 12.6. The van der Waals surface area contributed by atoms with Gasteiger partial charge < -0.3 is 19.2 Å². The fourth-order valence-corrected chi connectivity index (χ4v) is 2.73. The summed E-state index contributed by atoms with van der Waals surface area (Å²) in [5.41, 5.74) is 0. The van der Waals surface area contributed by atoms with Gasteiger partial charge in [-0.1, -0.05) is 11.8 Å². The Labute approximate surface area is 150 Å². The number of furan rings is 1. The normalized spacial score (nSPS) is 11.4. The molecular formula is C14H16F3N5O3S. The van der Waals surface area contributed by atoms with Crippen molar-refractivity contribution in [2.75, 3.05) is 19.3 Å². The van der Waals surface area contributed by atoms with Crippen LogP contribution in [0.3, 0.4) is 0 Å². The summed E-state index contributed by atoms with van der Waals surface area (Å²) in [6, 6.07) is 3.38. The number of thioether (sulfide) groups is 1. The summed E-state index contributed by atoms with van der Waals surface area (Å²) < 4.78 is 43.8. The zero-order valence-electron chi connectivity index (χ0n) is 13.9. The number of hydrogen-bond donors (Lipinski definition) is 1. The average molecular weight is 391 g/mol. The zero-order valence-corrected chi connectivity index (χ0v) is 14.7. The van der Waals surface area contributed by atoms with E-state index in [2.05, 4.69) is 15.5 Å². The molecule has 2 aromatic heterocycles. The van der Waals surface area contributed by atoms with Crippen LogP contribution in [-0.2, 0) is 29.4 Å². The maximum Gasteiger partial charge on any atom is 0.451 e. The van der Waals surface area contributed by atoms with Crippen molar-refractivity contribution in [1.82, 2.24) is 25.0 Å². The van der Waals surface area contributed by atoms with E-state index in [1.807, 2.05) is 0 Å². The Balaban J connectivity index is 1.80. The van der Waals surface area contributed by atoms with Crippen LogP contribution in [-0.4, -0.2) is 50.8 Å². The number of rotatable bonds is 7. The SMILES string of the molecule is CN(CC(=O)NCc1ccco1)C(=O)CSc1nnc(C(F)(F)F)n1C. The first-order valence-electron chi connectivity index (χ1n) is 7.31. The Morgan fingerprint density at radius 1 is 1.38 bits per heavy atom. The number of amides is 2. The highest BCUT2D eigenvalue weighted by Crippen LogP contribution is 2.29. The Morgan fingerprint density at radius 2 is 2.12 bits per heavy atom. The van der Waals surface area contributed by atoms with E-state index < -0.39 is 17.9 Å². The van der Waals surface area contributed by atoms with Crippen molar-refractivity contribution in [3.05, 3.63) is 30.0 Å². The van der Waals surface area contributed by atoms with E-state index in [-0.39, 0.29) is 29.9 Å². The number of aromatic nitrogens is 3. The fourth-order valence-electron chi connectivity index (χ4n) is 1.88. The molecule has 2 heterocycles. The summed E-state index contributed by atoms with van der Waals surface area (Å²) in [5.74, 6) is -1.56. The molecule has 0 bridgehead atoms. The second kappa shape index (κ2) is 8.25. The molecule has 0 atom stereocenters. The van der Waals surface area contributed by atoms with E-state index in [0.717, 1.165) is 16.3 Å². The minimum Gasteiger partial charge on any atom is -0.467 e. The highest BCUT2D eigenvalue weighted by Gasteiger charge is 2.37. The molecule has 0 aliphatic heterocycles. The molecule has 0 unspecified atom stereocenters. The standard InChI is InChI=1S/C14H16F3N5O3S/c1-21(7-10(23)18-6-9-4-3-5-25-9)11(24)8-26-13-20-19-12(22(13)2)14(15,16)17/h3-5H,6-8H2,1-2H3,(H,18,23). The molecule has 2 rings (SSSR count). The van der Waals surface area contributed by atoms with Gasteiger partial charge in [-0.2, -0.15) is 13.2 Å². The van der Waals surface area contributed by atoms with E-state index in [9.17, 15) is 22.8 Å². The minimum absolute atomic E-state index is 0.0404. The summed E-state index contributed by atoms with van der Waals surface area (Å²) in [6.07, 6.45) is -3.14. The lowest BCUT2D eigenvalue weighted by atomic mass is 10.4. The molecule has 2 aromatic rings. The average Bonchev–Trinajstić information content (AvgIpc) is 3.19. The predicted molar refractivity (Wildman–Crippen MR) is 84.9 cm³/mol. The van der Waals surface area contributed by atoms with Crippen LogP contribution in [0.5, 0.6) is 0 Å². The van der Waals surface area contributed by atoms with Gasteiger partial charge in [0.25, 0.3) is 0 Å². The van der Waals surface area contributed by atoms with Crippen molar-refractivity contribution < 1.29 is 27.2 Å². The summed E-state index contributed by atoms with van der Waals surface area (Å²) in [4.78, 5) is 25.0. The third kappa shape index (κ3) is 5.25. The first-order chi connectivity index (χ1) is 12.2. The number of alkyl halides is 3. The Kier molecular flexibility index (Phi) is 6.29. The van der Waals surface area contributed by atoms with Crippen molar-refractivity contribution in [3.8, 4) is 0 Å². The quantitative estimate of drug-likeness (QED) is 0.715. The van der Waals surface area contributed by atoms with Crippen LogP contribution in [0.2, 0.25) is 0 Å². The molecule has 0 radical (unpaired) electrons. The monoisotopic (exact) mass is 391 g/mol. The largest absolute Gasteiger partial charge is 0.467 e. The predicted octanol–water partition coefficient (Wildman–Crippen LogP) is 1.29. The molecule has 2 amide bonds. The smallest absolute Gasteiger partial charge is 0.451 e. The van der Waals surface area contributed by atoms with Gasteiger partial charge in [0, 0.05) is 14.1 Å². The van der Waals surface area contributed by atoms with E-state index in [1.54, 1.807) is 12.1 Å². The van der Waals surface area contributed by atoms with Gasteiger partial charge in [0.1, 0.15) is 5.76 Å². The van der Waals surface area contributed by atoms with Gasteiger partial charge in [-0.05, 0) is 12.1 Å². The molecule has 142 valence electrons. The number of hydrogen-bond acceptors (Lipinski definition) is 6. The highest BCUT2D eigenvalue weighted by molar-refractivity contribution is 7.99. The highest BCUT2D eigenvalue weighted by atomic mass is 32.2.